The molecule has 2 aliphatic rings. The number of para-hydroxylation sites is 1. The van der Waals surface area contributed by atoms with E-state index in [2.05, 4.69) is 5.32 Å². The van der Waals surface area contributed by atoms with Crippen molar-refractivity contribution in [1.82, 2.24) is 20.0 Å². The molecule has 0 spiro atoms. The van der Waals surface area contributed by atoms with Crippen molar-refractivity contribution < 1.29 is 4.79 Å². The van der Waals surface area contributed by atoms with Crippen LogP contribution in [0.2, 0.25) is 0 Å². The number of nitrogens with zero attached hydrogens (tertiary/aromatic N) is 3. The van der Waals surface area contributed by atoms with E-state index >= 15 is 0 Å². The van der Waals surface area contributed by atoms with Gasteiger partial charge in [-0.05, 0) is 50.9 Å². The van der Waals surface area contributed by atoms with Crippen LogP contribution in [0.4, 0.5) is 0 Å². The Hall–Kier alpha value is -1.85. The fourth-order valence-electron chi connectivity index (χ4n) is 3.46. The predicted molar refractivity (Wildman–Crippen MR) is 101 cm³/mol. The molecule has 1 aliphatic heterocycles. The number of nitrogens with one attached hydrogen (secondary N) is 1. The van der Waals surface area contributed by atoms with Crippen LogP contribution in [-0.2, 0) is 0 Å². The molecular weight excluding hydrogens is 336 g/mol. The van der Waals surface area contributed by atoms with Crippen molar-refractivity contribution in [3.8, 4) is 5.69 Å². The van der Waals surface area contributed by atoms with Crippen LogP contribution in [0.15, 0.2) is 36.4 Å². The summed E-state index contributed by atoms with van der Waals surface area (Å²) in [5.41, 5.74) is 2.71. The van der Waals surface area contributed by atoms with Crippen LogP contribution in [0.1, 0.15) is 47.8 Å². The Morgan fingerprint density at radius 3 is 2.64 bits per heavy atom. The summed E-state index contributed by atoms with van der Waals surface area (Å²) >= 11 is 0. The maximum atomic E-state index is 13.1. The van der Waals surface area contributed by atoms with Crippen molar-refractivity contribution >= 4 is 18.3 Å². The number of piperidine rings is 1. The summed E-state index contributed by atoms with van der Waals surface area (Å²) in [6.07, 6.45) is 4.55. The topological polar surface area (TPSA) is 50.2 Å². The third-order valence-electron chi connectivity index (χ3n) is 5.06. The number of carbonyl (C=O) groups excluding carboxylic acids is 1. The average molecular weight is 361 g/mol. The normalized spacial score (nSPS) is 20.2. The van der Waals surface area contributed by atoms with Gasteiger partial charge in [0.05, 0.1) is 11.4 Å². The molecule has 2 aromatic rings. The average Bonchev–Trinajstić information content (AvgIpc) is 3.40. The number of aromatic nitrogens is 2. The molecule has 1 aromatic carbocycles. The first-order chi connectivity index (χ1) is 11.8. The number of amides is 1. The van der Waals surface area contributed by atoms with Gasteiger partial charge in [-0.3, -0.25) is 4.79 Å². The fraction of sp³-hybridized carbons (Fsp3) is 0.474. The monoisotopic (exact) mass is 360 g/mol. The Bertz CT molecular complexity index is 726. The summed E-state index contributed by atoms with van der Waals surface area (Å²) in [4.78, 5) is 15.1. The summed E-state index contributed by atoms with van der Waals surface area (Å²) in [5, 5.41) is 8.05. The Balaban J connectivity index is 0.00000182. The molecule has 4 rings (SSSR count). The van der Waals surface area contributed by atoms with Crippen LogP contribution in [0, 0.1) is 0 Å². The summed E-state index contributed by atoms with van der Waals surface area (Å²) in [6.45, 7) is 1.60. The second-order valence-electron chi connectivity index (χ2n) is 6.86. The Kier molecular flexibility index (Phi) is 5.45. The molecule has 2 fully saturated rings. The van der Waals surface area contributed by atoms with Gasteiger partial charge in [0.15, 0.2) is 0 Å². The molecular formula is C19H25ClN4O. The van der Waals surface area contributed by atoms with E-state index in [0.717, 1.165) is 37.3 Å². The molecule has 1 saturated heterocycles. The second-order valence-corrected chi connectivity index (χ2v) is 6.86. The molecule has 134 valence electrons. The van der Waals surface area contributed by atoms with Crippen molar-refractivity contribution in [2.45, 2.75) is 37.6 Å². The van der Waals surface area contributed by atoms with Gasteiger partial charge in [-0.1, -0.05) is 18.2 Å². The highest BCUT2D eigenvalue weighted by Crippen LogP contribution is 2.40. The maximum Gasteiger partial charge on any atom is 0.272 e. The maximum absolute atomic E-state index is 13.1. The van der Waals surface area contributed by atoms with E-state index in [9.17, 15) is 4.79 Å². The zero-order chi connectivity index (χ0) is 16.5. The third-order valence-corrected chi connectivity index (χ3v) is 5.06. The molecule has 1 unspecified atom stereocenters. The van der Waals surface area contributed by atoms with Crippen LogP contribution in [0.3, 0.4) is 0 Å². The minimum absolute atomic E-state index is 0. The van der Waals surface area contributed by atoms with Crippen molar-refractivity contribution in [2.75, 3.05) is 20.1 Å². The van der Waals surface area contributed by atoms with Gasteiger partial charge in [0.25, 0.3) is 5.91 Å². The molecule has 1 N–H and O–H groups in total. The molecule has 25 heavy (non-hydrogen) atoms. The summed E-state index contributed by atoms with van der Waals surface area (Å²) in [6, 6.07) is 12.4. The van der Waals surface area contributed by atoms with Gasteiger partial charge in [-0.15, -0.1) is 12.4 Å². The largest absolute Gasteiger partial charge is 0.336 e. The highest BCUT2D eigenvalue weighted by molar-refractivity contribution is 5.93. The zero-order valence-electron chi connectivity index (χ0n) is 14.5. The molecule has 5 nitrogen and oxygen atoms in total. The molecule has 0 bridgehead atoms. The van der Waals surface area contributed by atoms with Crippen LogP contribution in [0.5, 0.6) is 0 Å². The summed E-state index contributed by atoms with van der Waals surface area (Å²) < 4.78 is 1.83. The quantitative estimate of drug-likeness (QED) is 0.911. The van der Waals surface area contributed by atoms with Gasteiger partial charge in [-0.2, -0.15) is 5.10 Å². The van der Waals surface area contributed by atoms with Crippen LogP contribution < -0.4 is 5.32 Å². The summed E-state index contributed by atoms with van der Waals surface area (Å²) in [7, 11) is 1.97. The number of likely N-dealkylation sites (N-methyl/N-ethyl adjacent to an activating group) is 1. The Morgan fingerprint density at radius 1 is 1.20 bits per heavy atom. The number of likely N-dealkylation sites (tertiary alicyclic amines) is 1. The highest BCUT2D eigenvalue weighted by Gasteiger charge is 2.31. The van der Waals surface area contributed by atoms with Gasteiger partial charge >= 0.3 is 0 Å². The molecule has 1 aromatic heterocycles. The van der Waals surface area contributed by atoms with E-state index in [1.807, 2.05) is 53.0 Å². The molecule has 1 amide bonds. The first-order valence-electron chi connectivity index (χ1n) is 8.88. The highest BCUT2D eigenvalue weighted by atomic mass is 35.5. The number of benzene rings is 1. The lowest BCUT2D eigenvalue weighted by Gasteiger charge is -2.32. The van der Waals surface area contributed by atoms with E-state index < -0.39 is 0 Å². The lowest BCUT2D eigenvalue weighted by Crippen LogP contribution is -2.47. The summed E-state index contributed by atoms with van der Waals surface area (Å²) in [5.74, 6) is 0.631. The van der Waals surface area contributed by atoms with Crippen molar-refractivity contribution in [3.63, 3.8) is 0 Å². The zero-order valence-corrected chi connectivity index (χ0v) is 15.3. The predicted octanol–water partition coefficient (Wildman–Crippen LogP) is 3.00. The third kappa shape index (κ3) is 3.72. The van der Waals surface area contributed by atoms with E-state index in [-0.39, 0.29) is 18.3 Å². The molecule has 1 aliphatic carbocycles. The second kappa shape index (κ2) is 7.58. The van der Waals surface area contributed by atoms with Crippen molar-refractivity contribution in [2.24, 2.45) is 0 Å². The lowest BCUT2D eigenvalue weighted by molar-refractivity contribution is 0.0689. The molecule has 1 saturated carbocycles. The van der Waals surface area contributed by atoms with Crippen molar-refractivity contribution in [3.05, 3.63) is 47.8 Å². The smallest absolute Gasteiger partial charge is 0.272 e. The molecule has 2 heterocycles. The van der Waals surface area contributed by atoms with Gasteiger partial charge in [0, 0.05) is 25.0 Å². The minimum atomic E-state index is 0. The van der Waals surface area contributed by atoms with Crippen LogP contribution in [0.25, 0.3) is 5.69 Å². The number of hydrogen-bond donors (Lipinski definition) is 1. The number of rotatable bonds is 4. The number of carbonyl (C=O) groups is 1. The van der Waals surface area contributed by atoms with E-state index in [1.54, 1.807) is 0 Å². The number of halogens is 1. The van der Waals surface area contributed by atoms with E-state index in [0.29, 0.717) is 17.7 Å². The molecule has 0 radical (unpaired) electrons. The first-order valence-corrected chi connectivity index (χ1v) is 8.88. The Morgan fingerprint density at radius 2 is 1.96 bits per heavy atom. The van der Waals surface area contributed by atoms with Gasteiger partial charge < -0.3 is 10.2 Å². The standard InChI is InChI=1S/C19H24N4O.ClH/c1-20-15-6-5-11-22(13-15)19(24)18-12-17(14-9-10-14)21-23(18)16-7-3-2-4-8-16;/h2-4,7-8,12,14-15,20H,5-6,9-11,13H2,1H3;1H. The van der Waals surface area contributed by atoms with E-state index in [4.69, 9.17) is 5.10 Å². The van der Waals surface area contributed by atoms with Gasteiger partial charge in [0.2, 0.25) is 0 Å². The van der Waals surface area contributed by atoms with Crippen LogP contribution in [-0.4, -0.2) is 46.8 Å². The fourth-order valence-corrected chi connectivity index (χ4v) is 3.46. The van der Waals surface area contributed by atoms with Gasteiger partial charge in [-0.25, -0.2) is 4.68 Å². The minimum Gasteiger partial charge on any atom is -0.336 e. The Labute approximate surface area is 154 Å². The van der Waals surface area contributed by atoms with Gasteiger partial charge in [0.1, 0.15) is 5.69 Å². The SMILES string of the molecule is CNC1CCCN(C(=O)c2cc(C3CC3)nn2-c2ccccc2)C1.Cl. The first kappa shape index (κ1) is 18.0. The molecule has 6 heteroatoms. The lowest BCUT2D eigenvalue weighted by atomic mass is 10.1. The van der Waals surface area contributed by atoms with E-state index in [1.165, 1.54) is 12.8 Å². The molecule has 1 atom stereocenters. The van der Waals surface area contributed by atoms with Crippen molar-refractivity contribution in [1.29, 1.82) is 0 Å². The number of hydrogen-bond acceptors (Lipinski definition) is 3. The van der Waals surface area contributed by atoms with Crippen LogP contribution >= 0.6 is 12.4 Å².